The van der Waals surface area contributed by atoms with Gasteiger partial charge in [-0.1, -0.05) is 28.8 Å². The Balaban J connectivity index is 1.77. The molecule has 0 bridgehead atoms. The second-order valence-electron chi connectivity index (χ2n) is 6.93. The number of amides is 1. The lowest BCUT2D eigenvalue weighted by atomic mass is 9.94. The first-order chi connectivity index (χ1) is 15.5. The highest BCUT2D eigenvalue weighted by Crippen LogP contribution is 2.39. The lowest BCUT2D eigenvalue weighted by Crippen LogP contribution is -2.31. The standard InChI is InChI=1S/C21H21ClN6O4/c1-11-18(20(29)24-15-10-16(31-3)14(22)9-17(15)32-4)19(28-21(23-11)25-26-27-28)12-6-5-7-13(8-12)30-2/h5-10,19H,1-4H3,(H,24,29)(H,23,25,27)/t19-/m1/s1. The van der Waals surface area contributed by atoms with Gasteiger partial charge in [-0.2, -0.15) is 4.68 Å². The van der Waals surface area contributed by atoms with E-state index in [-0.39, 0.29) is 5.91 Å². The van der Waals surface area contributed by atoms with Gasteiger partial charge in [0.05, 0.1) is 37.6 Å². The number of aromatic nitrogens is 4. The Morgan fingerprint density at radius 3 is 2.62 bits per heavy atom. The number of ether oxygens (including phenoxy) is 3. The molecule has 0 spiro atoms. The molecule has 0 saturated carbocycles. The van der Waals surface area contributed by atoms with Gasteiger partial charge in [-0.05, 0) is 35.0 Å². The summed E-state index contributed by atoms with van der Waals surface area (Å²) in [6, 6.07) is 10.00. The molecule has 1 aromatic heterocycles. The van der Waals surface area contributed by atoms with Gasteiger partial charge in [0.15, 0.2) is 0 Å². The van der Waals surface area contributed by atoms with Gasteiger partial charge in [0.2, 0.25) is 5.95 Å². The van der Waals surface area contributed by atoms with Crippen LogP contribution in [0.1, 0.15) is 18.5 Å². The van der Waals surface area contributed by atoms with Crippen molar-refractivity contribution >= 4 is 29.1 Å². The van der Waals surface area contributed by atoms with Gasteiger partial charge in [0, 0.05) is 17.8 Å². The van der Waals surface area contributed by atoms with Gasteiger partial charge < -0.3 is 24.8 Å². The topological polar surface area (TPSA) is 112 Å². The summed E-state index contributed by atoms with van der Waals surface area (Å²) < 4.78 is 17.6. The first kappa shape index (κ1) is 21.4. The summed E-state index contributed by atoms with van der Waals surface area (Å²) >= 11 is 6.19. The van der Waals surface area contributed by atoms with E-state index in [9.17, 15) is 4.79 Å². The van der Waals surface area contributed by atoms with Crippen LogP contribution >= 0.6 is 11.6 Å². The molecule has 3 aromatic rings. The quantitative estimate of drug-likeness (QED) is 0.581. The van der Waals surface area contributed by atoms with E-state index in [4.69, 9.17) is 25.8 Å². The maximum absolute atomic E-state index is 13.5. The van der Waals surface area contributed by atoms with Crippen LogP contribution in [-0.4, -0.2) is 47.4 Å². The van der Waals surface area contributed by atoms with Crippen molar-refractivity contribution in [2.24, 2.45) is 0 Å². The van der Waals surface area contributed by atoms with E-state index in [0.717, 1.165) is 5.56 Å². The van der Waals surface area contributed by atoms with Crippen LogP contribution in [0, 0.1) is 0 Å². The third-order valence-corrected chi connectivity index (χ3v) is 5.39. The largest absolute Gasteiger partial charge is 0.497 e. The second kappa shape index (κ2) is 8.75. The number of methoxy groups -OCH3 is 3. The SMILES string of the molecule is COc1cccc([C@@H]2C(C(=O)Nc3cc(OC)c(Cl)cc3OC)=C(C)Nc3nnnn32)c1. The van der Waals surface area contributed by atoms with Crippen molar-refractivity contribution in [1.29, 1.82) is 0 Å². The summed E-state index contributed by atoms with van der Waals surface area (Å²) in [6.07, 6.45) is 0. The number of tetrazole rings is 1. The van der Waals surface area contributed by atoms with E-state index >= 15 is 0 Å². The Morgan fingerprint density at radius 2 is 1.91 bits per heavy atom. The van der Waals surface area contributed by atoms with Gasteiger partial charge in [0.25, 0.3) is 5.91 Å². The molecule has 1 aliphatic heterocycles. The van der Waals surface area contributed by atoms with Crippen molar-refractivity contribution in [1.82, 2.24) is 20.2 Å². The number of fused-ring (bicyclic) bond motifs is 1. The molecule has 0 unspecified atom stereocenters. The summed E-state index contributed by atoms with van der Waals surface area (Å²) in [6.45, 7) is 1.79. The number of hydrogen-bond acceptors (Lipinski definition) is 8. The molecule has 1 amide bonds. The third-order valence-electron chi connectivity index (χ3n) is 5.09. The predicted molar refractivity (Wildman–Crippen MR) is 118 cm³/mol. The first-order valence-corrected chi connectivity index (χ1v) is 9.97. The molecule has 4 rings (SSSR count). The van der Waals surface area contributed by atoms with E-state index in [1.807, 2.05) is 24.3 Å². The predicted octanol–water partition coefficient (Wildman–Crippen LogP) is 3.28. The average molecular weight is 457 g/mol. The Labute approximate surface area is 189 Å². The van der Waals surface area contributed by atoms with Gasteiger partial charge in [-0.3, -0.25) is 4.79 Å². The van der Waals surface area contributed by atoms with Crippen LogP contribution in [-0.2, 0) is 4.79 Å². The highest BCUT2D eigenvalue weighted by Gasteiger charge is 2.34. The lowest BCUT2D eigenvalue weighted by molar-refractivity contribution is -0.113. The van der Waals surface area contributed by atoms with Crippen LogP contribution in [0.5, 0.6) is 17.2 Å². The van der Waals surface area contributed by atoms with Gasteiger partial charge >= 0.3 is 0 Å². The zero-order valence-corrected chi connectivity index (χ0v) is 18.6. The van der Waals surface area contributed by atoms with E-state index in [0.29, 0.717) is 45.2 Å². The molecule has 0 fully saturated rings. The van der Waals surface area contributed by atoms with E-state index < -0.39 is 6.04 Å². The molecule has 2 N–H and O–H groups in total. The van der Waals surface area contributed by atoms with Crippen molar-refractivity contribution in [3.05, 3.63) is 58.3 Å². The van der Waals surface area contributed by atoms with Crippen molar-refractivity contribution in [3.8, 4) is 17.2 Å². The normalized spacial score (nSPS) is 15.0. The number of nitrogens with one attached hydrogen (secondary N) is 2. The summed E-state index contributed by atoms with van der Waals surface area (Å²) in [5.74, 6) is 1.51. The second-order valence-corrected chi connectivity index (χ2v) is 7.34. The smallest absolute Gasteiger partial charge is 0.255 e. The Hall–Kier alpha value is -3.79. The Bertz CT molecular complexity index is 1210. The fraction of sp³-hybridized carbons (Fsp3) is 0.238. The van der Waals surface area contributed by atoms with Gasteiger partial charge in [0.1, 0.15) is 23.3 Å². The molecule has 1 aliphatic rings. The summed E-state index contributed by atoms with van der Waals surface area (Å²) in [5.41, 5.74) is 2.22. The number of nitrogens with zero attached hydrogens (tertiary/aromatic N) is 4. The maximum Gasteiger partial charge on any atom is 0.255 e. The van der Waals surface area contributed by atoms with Crippen LogP contribution in [0.25, 0.3) is 0 Å². The molecule has 11 heteroatoms. The van der Waals surface area contributed by atoms with E-state index in [1.54, 1.807) is 30.8 Å². The molecular formula is C21H21ClN6O4. The fourth-order valence-electron chi connectivity index (χ4n) is 3.57. The highest BCUT2D eigenvalue weighted by molar-refractivity contribution is 6.32. The summed E-state index contributed by atoms with van der Waals surface area (Å²) in [7, 11) is 4.57. The summed E-state index contributed by atoms with van der Waals surface area (Å²) in [5, 5.41) is 18.2. The lowest BCUT2D eigenvalue weighted by Gasteiger charge is -2.28. The third kappa shape index (κ3) is 3.80. The monoisotopic (exact) mass is 456 g/mol. The fourth-order valence-corrected chi connectivity index (χ4v) is 3.80. The molecule has 10 nitrogen and oxygen atoms in total. The number of benzene rings is 2. The minimum Gasteiger partial charge on any atom is -0.497 e. The van der Waals surface area contributed by atoms with Gasteiger partial charge in [-0.25, -0.2) is 0 Å². The molecule has 32 heavy (non-hydrogen) atoms. The van der Waals surface area contributed by atoms with Crippen molar-refractivity contribution in [2.45, 2.75) is 13.0 Å². The Kier molecular flexibility index (Phi) is 5.87. The number of carbonyl (C=O) groups excluding carboxylic acids is 1. The highest BCUT2D eigenvalue weighted by atomic mass is 35.5. The van der Waals surface area contributed by atoms with Crippen molar-refractivity contribution in [2.75, 3.05) is 32.0 Å². The van der Waals surface area contributed by atoms with E-state index in [2.05, 4.69) is 26.2 Å². The van der Waals surface area contributed by atoms with Gasteiger partial charge in [-0.15, -0.1) is 0 Å². The molecule has 0 saturated heterocycles. The van der Waals surface area contributed by atoms with Crippen LogP contribution in [0.2, 0.25) is 5.02 Å². The number of anilines is 2. The van der Waals surface area contributed by atoms with E-state index in [1.165, 1.54) is 14.2 Å². The van der Waals surface area contributed by atoms with Crippen LogP contribution in [0.3, 0.4) is 0 Å². The van der Waals surface area contributed by atoms with Crippen molar-refractivity contribution in [3.63, 3.8) is 0 Å². The Morgan fingerprint density at radius 1 is 1.12 bits per heavy atom. The van der Waals surface area contributed by atoms with Crippen LogP contribution in [0.15, 0.2) is 47.7 Å². The number of allylic oxidation sites excluding steroid dienone is 1. The first-order valence-electron chi connectivity index (χ1n) is 9.59. The molecule has 166 valence electrons. The summed E-state index contributed by atoms with van der Waals surface area (Å²) in [4.78, 5) is 13.5. The zero-order valence-electron chi connectivity index (χ0n) is 17.8. The number of carbonyl (C=O) groups is 1. The molecule has 1 atom stereocenters. The average Bonchev–Trinajstić information content (AvgIpc) is 3.26. The minimum absolute atomic E-state index is 0.365. The minimum atomic E-state index is -0.587. The van der Waals surface area contributed by atoms with Crippen LogP contribution < -0.4 is 24.8 Å². The number of hydrogen-bond donors (Lipinski definition) is 2. The molecular weight excluding hydrogens is 436 g/mol. The number of rotatable bonds is 6. The zero-order chi connectivity index (χ0) is 22.8. The molecule has 2 aromatic carbocycles. The maximum atomic E-state index is 13.5. The molecule has 2 heterocycles. The molecule has 0 radical (unpaired) electrons. The van der Waals surface area contributed by atoms with Crippen LogP contribution in [0.4, 0.5) is 11.6 Å². The molecule has 0 aliphatic carbocycles. The number of halogens is 1. The van der Waals surface area contributed by atoms with Crippen molar-refractivity contribution < 1.29 is 19.0 Å².